The number of hydrogen-bond acceptors (Lipinski definition) is 6. The topological polar surface area (TPSA) is 78.9 Å². The molecule has 0 aliphatic rings. The second-order valence-corrected chi connectivity index (χ2v) is 19.5. The lowest BCUT2D eigenvalue weighted by Gasteiger charge is -2.18. The van der Waals surface area contributed by atoms with Crippen LogP contribution in [-0.2, 0) is 28.6 Å². The van der Waals surface area contributed by atoms with Crippen molar-refractivity contribution in [2.24, 2.45) is 0 Å². The molecular formula is C62H110O6. The Balaban J connectivity index is 4.18. The van der Waals surface area contributed by atoms with Crippen molar-refractivity contribution in [1.29, 1.82) is 0 Å². The normalized spacial score (nSPS) is 12.5. The van der Waals surface area contributed by atoms with E-state index < -0.39 is 6.10 Å². The molecule has 0 spiro atoms. The third-order valence-electron chi connectivity index (χ3n) is 12.8. The predicted octanol–water partition coefficient (Wildman–Crippen LogP) is 19.6. The van der Waals surface area contributed by atoms with Gasteiger partial charge in [-0.3, -0.25) is 14.4 Å². The molecule has 394 valence electrons. The van der Waals surface area contributed by atoms with E-state index in [4.69, 9.17) is 14.2 Å². The maximum atomic E-state index is 12.8. The second kappa shape index (κ2) is 56.7. The van der Waals surface area contributed by atoms with Gasteiger partial charge in [0, 0.05) is 19.3 Å². The molecule has 0 aliphatic carbocycles. The predicted molar refractivity (Wildman–Crippen MR) is 293 cm³/mol. The molecule has 0 fully saturated rings. The first kappa shape index (κ1) is 65.1. The van der Waals surface area contributed by atoms with Crippen LogP contribution in [-0.4, -0.2) is 37.2 Å². The van der Waals surface area contributed by atoms with Gasteiger partial charge in [-0.25, -0.2) is 0 Å². The van der Waals surface area contributed by atoms with Crippen molar-refractivity contribution in [2.75, 3.05) is 13.2 Å². The SMILES string of the molecule is CC/C=C\C/C=C\C/C=C\C/C=C\CCC(=O)OC(COC(=O)CCCCCCCCCCCC)COC(=O)CCCCCCCCCCCCCCCCC/C=C\CCCCCCCCCC. The molecule has 1 atom stereocenters. The highest BCUT2D eigenvalue weighted by atomic mass is 16.6. The summed E-state index contributed by atoms with van der Waals surface area (Å²) in [6.45, 7) is 6.47. The van der Waals surface area contributed by atoms with Gasteiger partial charge in [0.25, 0.3) is 0 Å². The van der Waals surface area contributed by atoms with E-state index in [1.807, 2.05) is 6.08 Å². The minimum atomic E-state index is -0.808. The third kappa shape index (κ3) is 54.1. The molecule has 68 heavy (non-hydrogen) atoms. The van der Waals surface area contributed by atoms with E-state index >= 15 is 0 Å². The first-order valence-electron chi connectivity index (χ1n) is 29.3. The molecule has 0 N–H and O–H groups in total. The van der Waals surface area contributed by atoms with Gasteiger partial charge in [-0.15, -0.1) is 0 Å². The van der Waals surface area contributed by atoms with Crippen LogP contribution in [0.3, 0.4) is 0 Å². The summed E-state index contributed by atoms with van der Waals surface area (Å²) in [5.74, 6) is -0.974. The minimum Gasteiger partial charge on any atom is -0.462 e. The molecule has 0 amide bonds. The Morgan fingerprint density at radius 3 is 0.956 bits per heavy atom. The van der Waals surface area contributed by atoms with Crippen LogP contribution in [0.2, 0.25) is 0 Å². The average molecular weight is 952 g/mol. The van der Waals surface area contributed by atoms with Crippen LogP contribution < -0.4 is 0 Å². The van der Waals surface area contributed by atoms with Gasteiger partial charge < -0.3 is 14.2 Å². The van der Waals surface area contributed by atoms with Crippen LogP contribution >= 0.6 is 0 Å². The summed E-state index contributed by atoms with van der Waals surface area (Å²) in [4.78, 5) is 38.0. The fourth-order valence-electron chi connectivity index (χ4n) is 8.39. The average Bonchev–Trinajstić information content (AvgIpc) is 3.34. The molecule has 0 saturated heterocycles. The largest absolute Gasteiger partial charge is 0.462 e. The number of esters is 3. The molecular weight excluding hydrogens is 841 g/mol. The fourth-order valence-corrected chi connectivity index (χ4v) is 8.39. The Kier molecular flexibility index (Phi) is 54.3. The van der Waals surface area contributed by atoms with Gasteiger partial charge in [-0.1, -0.05) is 268 Å². The van der Waals surface area contributed by atoms with Crippen LogP contribution in [0.4, 0.5) is 0 Å². The van der Waals surface area contributed by atoms with Crippen LogP contribution in [0.25, 0.3) is 0 Å². The number of carbonyl (C=O) groups is 3. The molecule has 6 nitrogen and oxygen atoms in total. The highest BCUT2D eigenvalue weighted by molar-refractivity contribution is 5.71. The molecule has 0 rings (SSSR count). The van der Waals surface area contributed by atoms with Crippen LogP contribution in [0.1, 0.15) is 297 Å². The van der Waals surface area contributed by atoms with Gasteiger partial charge in [0.1, 0.15) is 13.2 Å². The Morgan fingerprint density at radius 2 is 0.603 bits per heavy atom. The minimum absolute atomic E-state index is 0.0998. The summed E-state index contributed by atoms with van der Waals surface area (Å²) in [7, 11) is 0. The number of unbranched alkanes of at least 4 members (excludes halogenated alkanes) is 32. The molecule has 0 aromatic heterocycles. The van der Waals surface area contributed by atoms with E-state index in [0.29, 0.717) is 19.3 Å². The van der Waals surface area contributed by atoms with E-state index in [9.17, 15) is 14.4 Å². The quantitative estimate of drug-likeness (QED) is 0.0262. The van der Waals surface area contributed by atoms with Crippen LogP contribution in [0.5, 0.6) is 0 Å². The lowest BCUT2D eigenvalue weighted by Crippen LogP contribution is -2.30. The third-order valence-corrected chi connectivity index (χ3v) is 12.8. The molecule has 0 heterocycles. The first-order valence-corrected chi connectivity index (χ1v) is 29.3. The van der Waals surface area contributed by atoms with Crippen molar-refractivity contribution in [1.82, 2.24) is 0 Å². The highest BCUT2D eigenvalue weighted by Gasteiger charge is 2.19. The summed E-state index contributed by atoms with van der Waals surface area (Å²) in [5.41, 5.74) is 0. The Labute approximate surface area is 421 Å². The fraction of sp³-hybridized carbons (Fsp3) is 0.790. The second-order valence-electron chi connectivity index (χ2n) is 19.5. The van der Waals surface area contributed by atoms with Gasteiger partial charge in [-0.05, 0) is 70.6 Å². The summed E-state index contributed by atoms with van der Waals surface area (Å²) < 4.78 is 16.7. The lowest BCUT2D eigenvalue weighted by molar-refractivity contribution is -0.166. The lowest BCUT2D eigenvalue weighted by atomic mass is 10.0. The zero-order valence-corrected chi connectivity index (χ0v) is 45.1. The zero-order valence-electron chi connectivity index (χ0n) is 45.1. The zero-order chi connectivity index (χ0) is 49.3. The van der Waals surface area contributed by atoms with Gasteiger partial charge in [-0.2, -0.15) is 0 Å². The molecule has 6 heteroatoms. The van der Waals surface area contributed by atoms with Crippen LogP contribution in [0.15, 0.2) is 60.8 Å². The van der Waals surface area contributed by atoms with Crippen molar-refractivity contribution in [3.05, 3.63) is 60.8 Å². The standard InChI is InChI=1S/C62H110O6/c1-4-7-10-13-16-19-22-24-25-26-27-28-29-30-31-32-33-34-35-36-37-39-40-43-46-49-52-55-61(64)67-58-59(57-66-60(63)54-51-48-45-42-21-18-15-12-9-6-3)68-62(65)56-53-50-47-44-41-38-23-20-17-14-11-8-5-2/h8,11,17,20,26-27,38,41,47,50,59H,4-7,9-10,12-16,18-19,21-25,28-37,39-40,42-46,48-49,51-58H2,1-3H3/b11-8-,20-17-,27-26-,41-38-,50-47-. The Bertz CT molecular complexity index is 1230. The maximum Gasteiger partial charge on any atom is 0.306 e. The molecule has 0 bridgehead atoms. The Morgan fingerprint density at radius 1 is 0.309 bits per heavy atom. The Hall–Kier alpha value is -2.89. The van der Waals surface area contributed by atoms with E-state index in [-0.39, 0.29) is 37.5 Å². The summed E-state index contributed by atoms with van der Waals surface area (Å²) in [5, 5.41) is 0. The van der Waals surface area contributed by atoms with Crippen molar-refractivity contribution in [2.45, 2.75) is 303 Å². The number of ether oxygens (including phenoxy) is 3. The van der Waals surface area contributed by atoms with Crippen LogP contribution in [0, 0.1) is 0 Å². The molecule has 0 aromatic rings. The van der Waals surface area contributed by atoms with Gasteiger partial charge >= 0.3 is 17.9 Å². The summed E-state index contributed by atoms with van der Waals surface area (Å²) >= 11 is 0. The number of rotatable bonds is 53. The monoisotopic (exact) mass is 951 g/mol. The van der Waals surface area contributed by atoms with Crippen molar-refractivity contribution < 1.29 is 28.6 Å². The number of allylic oxidation sites excluding steroid dienone is 10. The molecule has 0 radical (unpaired) electrons. The maximum absolute atomic E-state index is 12.8. The van der Waals surface area contributed by atoms with Crippen molar-refractivity contribution in [3.63, 3.8) is 0 Å². The molecule has 0 aromatic carbocycles. The molecule has 1 unspecified atom stereocenters. The van der Waals surface area contributed by atoms with E-state index in [1.54, 1.807) is 0 Å². The van der Waals surface area contributed by atoms with Crippen molar-refractivity contribution >= 4 is 17.9 Å². The first-order chi connectivity index (χ1) is 33.5. The van der Waals surface area contributed by atoms with Gasteiger partial charge in [0.15, 0.2) is 6.10 Å². The van der Waals surface area contributed by atoms with Crippen molar-refractivity contribution in [3.8, 4) is 0 Å². The summed E-state index contributed by atoms with van der Waals surface area (Å²) in [6, 6.07) is 0. The highest BCUT2D eigenvalue weighted by Crippen LogP contribution is 2.16. The van der Waals surface area contributed by atoms with E-state index in [2.05, 4.69) is 75.5 Å². The molecule has 0 saturated carbocycles. The number of carbonyl (C=O) groups excluding carboxylic acids is 3. The van der Waals surface area contributed by atoms with Gasteiger partial charge in [0.05, 0.1) is 0 Å². The molecule has 0 aliphatic heterocycles. The number of hydrogen-bond donors (Lipinski definition) is 0. The van der Waals surface area contributed by atoms with E-state index in [0.717, 1.165) is 64.2 Å². The smallest absolute Gasteiger partial charge is 0.306 e. The van der Waals surface area contributed by atoms with Gasteiger partial charge in [0.2, 0.25) is 0 Å². The van der Waals surface area contributed by atoms with E-state index in [1.165, 1.54) is 186 Å². The summed E-state index contributed by atoms with van der Waals surface area (Å²) in [6.07, 6.45) is 71.1.